The summed E-state index contributed by atoms with van der Waals surface area (Å²) in [6.45, 7) is 4.03. The average Bonchev–Trinajstić information content (AvgIpc) is 2.71. The molecule has 0 aliphatic carbocycles. The Labute approximate surface area is 161 Å². The summed E-state index contributed by atoms with van der Waals surface area (Å²) >= 11 is 0. The van der Waals surface area contributed by atoms with Crippen LogP contribution >= 0.6 is 0 Å². The van der Waals surface area contributed by atoms with Gasteiger partial charge in [-0.2, -0.15) is 0 Å². The van der Waals surface area contributed by atoms with E-state index in [-0.39, 0.29) is 17.3 Å². The standard InChI is InChI=1S/C21H20F2N4O/c1-3-13-7-5-8-14(4-2)18(13)26-20(28)17-11-12-24-21(25-17)27-19-15(22)9-6-10-16(19)23/h5-12H,3-4H2,1-2H3,(H,26,28)(H,24,25,27). The number of amides is 1. The molecule has 28 heavy (non-hydrogen) atoms. The number of aromatic nitrogens is 2. The van der Waals surface area contributed by atoms with E-state index in [1.165, 1.54) is 18.3 Å². The van der Waals surface area contributed by atoms with Crippen molar-refractivity contribution < 1.29 is 13.6 Å². The Kier molecular flexibility index (Phi) is 5.93. The van der Waals surface area contributed by atoms with E-state index in [4.69, 9.17) is 0 Å². The predicted molar refractivity (Wildman–Crippen MR) is 105 cm³/mol. The van der Waals surface area contributed by atoms with Crippen LogP contribution in [0.25, 0.3) is 0 Å². The summed E-state index contributed by atoms with van der Waals surface area (Å²) in [7, 11) is 0. The lowest BCUT2D eigenvalue weighted by molar-refractivity contribution is 0.102. The lowest BCUT2D eigenvalue weighted by Gasteiger charge is -2.14. The number of nitrogens with one attached hydrogen (secondary N) is 2. The molecule has 3 rings (SSSR count). The molecule has 0 saturated carbocycles. The highest BCUT2D eigenvalue weighted by Gasteiger charge is 2.15. The third-order valence-electron chi connectivity index (χ3n) is 4.33. The van der Waals surface area contributed by atoms with Crippen LogP contribution < -0.4 is 10.6 Å². The summed E-state index contributed by atoms with van der Waals surface area (Å²) in [6, 6.07) is 10.8. The van der Waals surface area contributed by atoms with E-state index >= 15 is 0 Å². The van der Waals surface area contributed by atoms with Crippen molar-refractivity contribution >= 4 is 23.2 Å². The monoisotopic (exact) mass is 382 g/mol. The number of halogens is 2. The van der Waals surface area contributed by atoms with Crippen molar-refractivity contribution in [2.24, 2.45) is 0 Å². The summed E-state index contributed by atoms with van der Waals surface area (Å²) in [5, 5.41) is 5.40. The second-order valence-electron chi connectivity index (χ2n) is 6.10. The lowest BCUT2D eigenvalue weighted by Crippen LogP contribution is -2.17. The first-order valence-electron chi connectivity index (χ1n) is 8.99. The maximum Gasteiger partial charge on any atom is 0.274 e. The molecule has 144 valence electrons. The first kappa shape index (κ1) is 19.4. The zero-order chi connectivity index (χ0) is 20.1. The van der Waals surface area contributed by atoms with Crippen LogP contribution in [-0.4, -0.2) is 15.9 Å². The molecular weight excluding hydrogens is 362 g/mol. The van der Waals surface area contributed by atoms with E-state index in [9.17, 15) is 13.6 Å². The van der Waals surface area contributed by atoms with E-state index in [1.54, 1.807) is 0 Å². The molecule has 7 heteroatoms. The smallest absolute Gasteiger partial charge is 0.274 e. The zero-order valence-electron chi connectivity index (χ0n) is 15.6. The zero-order valence-corrected chi connectivity index (χ0v) is 15.6. The van der Waals surface area contributed by atoms with Crippen LogP contribution in [-0.2, 0) is 12.8 Å². The second-order valence-corrected chi connectivity index (χ2v) is 6.10. The maximum atomic E-state index is 13.8. The minimum Gasteiger partial charge on any atom is -0.320 e. The third kappa shape index (κ3) is 4.14. The Bertz CT molecular complexity index is 965. The molecule has 2 aromatic carbocycles. The van der Waals surface area contributed by atoms with Crippen LogP contribution in [0.1, 0.15) is 35.5 Å². The average molecular weight is 382 g/mol. The molecule has 0 radical (unpaired) electrons. The number of nitrogens with zero attached hydrogens (tertiary/aromatic N) is 2. The van der Waals surface area contributed by atoms with Crippen LogP contribution in [0.3, 0.4) is 0 Å². The van der Waals surface area contributed by atoms with Gasteiger partial charge < -0.3 is 10.6 Å². The molecule has 0 atom stereocenters. The Morgan fingerprint density at radius 2 is 1.54 bits per heavy atom. The van der Waals surface area contributed by atoms with Gasteiger partial charge in [0, 0.05) is 11.9 Å². The molecule has 0 saturated heterocycles. The van der Waals surface area contributed by atoms with Crippen molar-refractivity contribution in [1.29, 1.82) is 0 Å². The van der Waals surface area contributed by atoms with Gasteiger partial charge in [-0.05, 0) is 42.2 Å². The van der Waals surface area contributed by atoms with Gasteiger partial charge in [-0.3, -0.25) is 4.79 Å². The summed E-state index contributed by atoms with van der Waals surface area (Å²) < 4.78 is 27.6. The highest BCUT2D eigenvalue weighted by molar-refractivity contribution is 6.03. The first-order chi connectivity index (χ1) is 13.5. The van der Waals surface area contributed by atoms with Gasteiger partial charge in [0.1, 0.15) is 23.0 Å². The Hall–Kier alpha value is -3.35. The number of aryl methyl sites for hydroxylation is 2. The summed E-state index contributed by atoms with van der Waals surface area (Å²) in [5.41, 5.74) is 2.53. The molecule has 3 aromatic rings. The van der Waals surface area contributed by atoms with Gasteiger partial charge in [0.2, 0.25) is 5.95 Å². The van der Waals surface area contributed by atoms with Crippen LogP contribution in [0.15, 0.2) is 48.7 Å². The number of hydrogen-bond acceptors (Lipinski definition) is 4. The Morgan fingerprint density at radius 1 is 0.929 bits per heavy atom. The van der Waals surface area contributed by atoms with E-state index < -0.39 is 17.5 Å². The van der Waals surface area contributed by atoms with E-state index in [0.717, 1.165) is 41.8 Å². The number of hydrogen-bond donors (Lipinski definition) is 2. The third-order valence-corrected chi connectivity index (χ3v) is 4.33. The molecule has 0 unspecified atom stereocenters. The normalized spacial score (nSPS) is 10.6. The van der Waals surface area contributed by atoms with Crippen molar-refractivity contribution in [3.63, 3.8) is 0 Å². The van der Waals surface area contributed by atoms with Gasteiger partial charge in [0.25, 0.3) is 5.91 Å². The van der Waals surface area contributed by atoms with E-state index in [0.29, 0.717) is 0 Å². The molecule has 1 aromatic heterocycles. The molecule has 1 heterocycles. The number of benzene rings is 2. The molecule has 2 N–H and O–H groups in total. The van der Waals surface area contributed by atoms with Gasteiger partial charge in [-0.25, -0.2) is 18.7 Å². The molecular formula is C21H20F2N4O. The number of carbonyl (C=O) groups is 1. The van der Waals surface area contributed by atoms with Gasteiger partial charge in [-0.15, -0.1) is 0 Å². The topological polar surface area (TPSA) is 66.9 Å². The van der Waals surface area contributed by atoms with Crippen LogP contribution in [0.2, 0.25) is 0 Å². The molecule has 1 amide bonds. The van der Waals surface area contributed by atoms with Gasteiger partial charge in [0.05, 0.1) is 0 Å². The van der Waals surface area contributed by atoms with Crippen molar-refractivity contribution in [2.45, 2.75) is 26.7 Å². The highest BCUT2D eigenvalue weighted by atomic mass is 19.1. The van der Waals surface area contributed by atoms with Gasteiger partial charge in [0.15, 0.2) is 0 Å². The number of rotatable bonds is 6. The summed E-state index contributed by atoms with van der Waals surface area (Å²) in [4.78, 5) is 20.7. The molecule has 5 nitrogen and oxygen atoms in total. The maximum absolute atomic E-state index is 13.8. The minimum absolute atomic E-state index is 0.0730. The van der Waals surface area contributed by atoms with E-state index in [1.807, 2.05) is 32.0 Å². The fraction of sp³-hybridized carbons (Fsp3) is 0.190. The second kappa shape index (κ2) is 8.56. The van der Waals surface area contributed by atoms with Gasteiger partial charge in [-0.1, -0.05) is 38.1 Å². The molecule has 0 aliphatic rings. The quantitative estimate of drug-likeness (QED) is 0.638. The summed E-state index contributed by atoms with van der Waals surface area (Å²) in [6.07, 6.45) is 2.90. The fourth-order valence-electron chi connectivity index (χ4n) is 2.86. The van der Waals surface area contributed by atoms with Crippen LogP contribution in [0, 0.1) is 11.6 Å². The molecule has 0 bridgehead atoms. The molecule has 0 spiro atoms. The van der Waals surface area contributed by atoms with Crippen LogP contribution in [0.5, 0.6) is 0 Å². The number of anilines is 3. The Morgan fingerprint density at radius 3 is 2.14 bits per heavy atom. The number of para-hydroxylation sites is 2. The summed E-state index contributed by atoms with van der Waals surface area (Å²) in [5.74, 6) is -2.04. The highest BCUT2D eigenvalue weighted by Crippen LogP contribution is 2.24. The largest absolute Gasteiger partial charge is 0.320 e. The molecule has 0 aliphatic heterocycles. The SMILES string of the molecule is CCc1cccc(CC)c1NC(=O)c1ccnc(Nc2c(F)cccc2F)n1. The number of carbonyl (C=O) groups excluding carboxylic acids is 1. The lowest BCUT2D eigenvalue weighted by atomic mass is 10.0. The van der Waals surface area contributed by atoms with Crippen molar-refractivity contribution in [3.8, 4) is 0 Å². The minimum atomic E-state index is -0.775. The van der Waals surface area contributed by atoms with Crippen molar-refractivity contribution in [1.82, 2.24) is 9.97 Å². The van der Waals surface area contributed by atoms with Crippen LogP contribution in [0.4, 0.5) is 26.1 Å². The van der Waals surface area contributed by atoms with Crippen molar-refractivity contribution in [2.75, 3.05) is 10.6 Å². The Balaban J connectivity index is 1.86. The van der Waals surface area contributed by atoms with Gasteiger partial charge >= 0.3 is 0 Å². The van der Waals surface area contributed by atoms with E-state index in [2.05, 4.69) is 20.6 Å². The predicted octanol–water partition coefficient (Wildman–Crippen LogP) is 4.88. The first-order valence-corrected chi connectivity index (χ1v) is 8.99. The fourth-order valence-corrected chi connectivity index (χ4v) is 2.86. The molecule has 0 fully saturated rings. The van der Waals surface area contributed by atoms with Crippen molar-refractivity contribution in [3.05, 3.63) is 77.1 Å².